The van der Waals surface area contributed by atoms with Crippen LogP contribution in [0, 0.1) is 123 Å². The summed E-state index contributed by atoms with van der Waals surface area (Å²) in [4.78, 5) is 38.9. The van der Waals surface area contributed by atoms with E-state index in [4.69, 9.17) is 0 Å². The fraction of sp³-hybridized carbons (Fsp3) is 0.864. The van der Waals surface area contributed by atoms with Crippen LogP contribution in [0.4, 0.5) is 0 Å². The molecule has 0 saturated heterocycles. The first kappa shape index (κ1) is 55.8. The number of ketones is 3. The van der Waals surface area contributed by atoms with Crippen molar-refractivity contribution in [2.75, 3.05) is 11.9 Å². The molecule has 0 aromatic rings. The average Bonchev–Trinajstić information content (AvgIpc) is 4.01. The maximum atomic E-state index is 13.0. The van der Waals surface area contributed by atoms with Gasteiger partial charge in [-0.1, -0.05) is 67.6 Å². The van der Waals surface area contributed by atoms with Crippen LogP contribution in [0.25, 0.3) is 0 Å². The number of aliphatic hydroxyl groups is 4. The number of fused-ring (bicyclic) bond motifs is 15. The SMILES string of the molecule is C=C(C)[C@H]1CC[C@H]2[C@@H]3CC(=O)[C@H]4C[C@@](C)(O)CC[C@@H]4[C@H]3CC[C@]12C.C=C(CBr)[C@H]1CC[C@H]2[C@@H]3CC(=O)[C@H]4C[C@@](C)(O)CC[C@@H]4[C@H]3CC[C@]12C.C=C(CO)[C@H]1CC[C@H]2[C@@H]3CC(=O)[C@H]4C[C@@](C)(O)CC[C@@H]4[C@H]3CC[C@]12C. The van der Waals surface area contributed by atoms with Crippen molar-refractivity contribution >= 4 is 33.3 Å². The molecule has 12 rings (SSSR count). The van der Waals surface area contributed by atoms with E-state index in [1.54, 1.807) is 0 Å². The molecule has 414 valence electrons. The molecule has 0 aromatic carbocycles. The second kappa shape index (κ2) is 20.3. The van der Waals surface area contributed by atoms with Gasteiger partial charge in [0.15, 0.2) is 0 Å². The molecule has 0 spiro atoms. The Hall–Kier alpha value is -1.45. The summed E-state index contributed by atoms with van der Waals surface area (Å²) in [5.74, 6) is 10.8. The maximum Gasteiger partial charge on any atom is 0.136 e. The van der Waals surface area contributed by atoms with Crippen LogP contribution in [0.15, 0.2) is 36.5 Å². The summed E-state index contributed by atoms with van der Waals surface area (Å²) >= 11 is 3.62. The molecule has 0 aromatic heterocycles. The normalized spacial score (nSPS) is 52.8. The number of hydrogen-bond donors (Lipinski definition) is 4. The summed E-state index contributed by atoms with van der Waals surface area (Å²) in [5, 5.41) is 41.9. The maximum absolute atomic E-state index is 13.0. The zero-order valence-corrected chi connectivity index (χ0v) is 48.9. The third-order valence-corrected chi connectivity index (χ3v) is 26.9. The van der Waals surface area contributed by atoms with Crippen molar-refractivity contribution in [3.05, 3.63) is 36.5 Å². The smallest absolute Gasteiger partial charge is 0.136 e. The molecule has 0 unspecified atom stereocenters. The van der Waals surface area contributed by atoms with Gasteiger partial charge in [0, 0.05) is 42.3 Å². The Labute approximate surface area is 456 Å². The summed E-state index contributed by atoms with van der Waals surface area (Å²) < 4.78 is 0. The summed E-state index contributed by atoms with van der Waals surface area (Å²) in [5.41, 5.74) is 2.75. The van der Waals surface area contributed by atoms with Crippen molar-refractivity contribution in [3.63, 3.8) is 0 Å². The van der Waals surface area contributed by atoms with Gasteiger partial charge >= 0.3 is 0 Å². The highest BCUT2D eigenvalue weighted by molar-refractivity contribution is 9.09. The molecule has 7 nitrogen and oxygen atoms in total. The standard InChI is InChI=1S/C22H33BrO2.C22H34O3.C22H34O2/c2*1-13(12-23)18-4-5-19-16-10-20(24)17-11-21(2,25)8-6-15(17)14(16)7-9-22(18,19)3;1-13(2)18-5-6-19-16-11-20(23)17-12-21(3,24)9-7-15(17)14(16)8-10-22(18,19)4/h14-19,25H,1,4-12H2,2-3H3;14-19,23,25H,1,4-12H2,2-3H3;14-19,24H,1,5-12H2,2-4H3/t3*14-,15-,16-,17+,18-,19+,21+,22-/m111/s1. The highest BCUT2D eigenvalue weighted by atomic mass is 79.9. The first-order chi connectivity index (χ1) is 34.8. The molecule has 8 heteroatoms. The first-order valence-corrected chi connectivity index (χ1v) is 31.8. The number of halogens is 1. The highest BCUT2D eigenvalue weighted by Gasteiger charge is 2.63. The van der Waals surface area contributed by atoms with Gasteiger partial charge in [-0.2, -0.15) is 0 Å². The molecule has 74 heavy (non-hydrogen) atoms. The van der Waals surface area contributed by atoms with E-state index in [-0.39, 0.29) is 29.8 Å². The van der Waals surface area contributed by atoms with Crippen LogP contribution in [0.3, 0.4) is 0 Å². The summed E-state index contributed by atoms with van der Waals surface area (Å²) in [6, 6.07) is 0. The lowest BCUT2D eigenvalue weighted by Crippen LogP contribution is -2.53. The predicted octanol–water partition coefficient (Wildman–Crippen LogP) is 13.6. The molecule has 0 amide bonds. The number of carbonyl (C=O) groups is 3. The minimum atomic E-state index is -0.649. The Balaban J connectivity index is 0.000000127. The quantitative estimate of drug-likeness (QED) is 0.159. The van der Waals surface area contributed by atoms with Crippen molar-refractivity contribution in [3.8, 4) is 0 Å². The Morgan fingerprint density at radius 1 is 0.446 bits per heavy atom. The van der Waals surface area contributed by atoms with Crippen LogP contribution < -0.4 is 0 Å². The molecule has 0 heterocycles. The van der Waals surface area contributed by atoms with Crippen LogP contribution in [0.2, 0.25) is 0 Å². The van der Waals surface area contributed by atoms with Crippen LogP contribution in [0.5, 0.6) is 0 Å². The molecule has 12 saturated carbocycles. The van der Waals surface area contributed by atoms with Crippen LogP contribution in [0.1, 0.15) is 203 Å². The van der Waals surface area contributed by atoms with Gasteiger partial charge in [-0.3, -0.25) is 14.4 Å². The molecular weight excluding hydrogens is 985 g/mol. The fourth-order valence-corrected chi connectivity index (χ4v) is 23.1. The lowest BCUT2D eigenvalue weighted by atomic mass is 9.48. The van der Waals surface area contributed by atoms with Crippen LogP contribution in [-0.2, 0) is 14.4 Å². The number of allylic oxidation sites excluding steroid dienone is 2. The molecule has 12 aliphatic carbocycles. The summed E-state index contributed by atoms with van der Waals surface area (Å²) in [6.07, 6.45) is 25.1. The van der Waals surface area contributed by atoms with E-state index >= 15 is 0 Å². The second-order valence-electron chi connectivity index (χ2n) is 30.3. The van der Waals surface area contributed by atoms with Crippen molar-refractivity contribution in [1.82, 2.24) is 0 Å². The topological polar surface area (TPSA) is 132 Å². The summed E-state index contributed by atoms with van der Waals surface area (Å²) in [7, 11) is 0. The van der Waals surface area contributed by atoms with Gasteiger partial charge < -0.3 is 20.4 Å². The van der Waals surface area contributed by atoms with E-state index in [0.717, 1.165) is 81.0 Å². The number of carbonyl (C=O) groups excluding carboxylic acids is 3. The van der Waals surface area contributed by atoms with Gasteiger partial charge in [0.2, 0.25) is 0 Å². The largest absolute Gasteiger partial charge is 0.392 e. The third kappa shape index (κ3) is 9.60. The molecule has 0 aliphatic heterocycles. The molecule has 12 fully saturated rings. The predicted molar refractivity (Wildman–Crippen MR) is 299 cm³/mol. The molecule has 24 atom stereocenters. The van der Waals surface area contributed by atoms with E-state index < -0.39 is 16.8 Å². The number of Topliss-reactive ketones (excluding diaryl/α,β-unsaturated/α-hetero) is 3. The minimum absolute atomic E-state index is 0.0963. The van der Waals surface area contributed by atoms with Gasteiger partial charge in [0.25, 0.3) is 0 Å². The Morgan fingerprint density at radius 2 is 0.743 bits per heavy atom. The fourth-order valence-electron chi connectivity index (χ4n) is 22.7. The van der Waals surface area contributed by atoms with E-state index in [9.17, 15) is 34.8 Å². The zero-order valence-electron chi connectivity index (χ0n) is 47.3. The van der Waals surface area contributed by atoms with E-state index in [1.165, 1.54) is 81.8 Å². The Bertz CT molecular complexity index is 2110. The van der Waals surface area contributed by atoms with Crippen molar-refractivity contribution in [2.45, 2.75) is 219 Å². The first-order valence-electron chi connectivity index (χ1n) is 30.7. The zero-order chi connectivity index (χ0) is 53.2. The van der Waals surface area contributed by atoms with Crippen LogP contribution in [-0.4, -0.2) is 66.5 Å². The third-order valence-electron chi connectivity index (χ3n) is 26.2. The van der Waals surface area contributed by atoms with Gasteiger partial charge in [0.1, 0.15) is 17.3 Å². The number of aliphatic hydroxyl groups excluding tert-OH is 1. The summed E-state index contributed by atoms with van der Waals surface area (Å²) in [6.45, 7) is 28.2. The molecule has 0 bridgehead atoms. The molecule has 0 radical (unpaired) electrons. The Morgan fingerprint density at radius 3 is 1.05 bits per heavy atom. The second-order valence-corrected chi connectivity index (χ2v) is 30.9. The average molecular weight is 1090 g/mol. The lowest BCUT2D eigenvalue weighted by Gasteiger charge is -2.56. The lowest BCUT2D eigenvalue weighted by molar-refractivity contribution is -0.149. The van der Waals surface area contributed by atoms with E-state index in [2.05, 4.69) is 63.4 Å². The monoisotopic (exact) mass is 1080 g/mol. The van der Waals surface area contributed by atoms with E-state index in [0.29, 0.717) is 130 Å². The molecule has 12 aliphatic rings. The van der Waals surface area contributed by atoms with Gasteiger partial charge in [-0.05, 0) is 273 Å². The minimum Gasteiger partial charge on any atom is -0.392 e. The molecular formula is C66H101BrO7. The van der Waals surface area contributed by atoms with Crippen molar-refractivity contribution in [2.24, 2.45) is 123 Å². The van der Waals surface area contributed by atoms with Crippen molar-refractivity contribution in [1.29, 1.82) is 0 Å². The van der Waals surface area contributed by atoms with Gasteiger partial charge in [-0.15, -0.1) is 0 Å². The van der Waals surface area contributed by atoms with Gasteiger partial charge in [-0.25, -0.2) is 0 Å². The van der Waals surface area contributed by atoms with Crippen molar-refractivity contribution < 1.29 is 34.8 Å². The Kier molecular flexibility index (Phi) is 15.3. The van der Waals surface area contributed by atoms with Gasteiger partial charge in [0.05, 0.1) is 23.4 Å². The highest BCUT2D eigenvalue weighted by Crippen LogP contribution is 2.68. The van der Waals surface area contributed by atoms with E-state index in [1.807, 2.05) is 20.8 Å². The van der Waals surface area contributed by atoms with Crippen LogP contribution >= 0.6 is 15.9 Å². The number of hydrogen-bond acceptors (Lipinski definition) is 7. The number of rotatable bonds is 5. The number of alkyl halides is 1. The molecule has 4 N–H and O–H groups in total.